The van der Waals surface area contributed by atoms with Crippen LogP contribution in [0.4, 0.5) is 4.39 Å². The summed E-state index contributed by atoms with van der Waals surface area (Å²) in [5.41, 5.74) is 1.34. The van der Waals surface area contributed by atoms with Crippen molar-refractivity contribution in [2.75, 3.05) is 0 Å². The number of pyridine rings is 1. The second-order valence-electron chi connectivity index (χ2n) is 3.69. The van der Waals surface area contributed by atoms with E-state index in [4.69, 9.17) is 11.6 Å². The molecule has 0 aliphatic heterocycles. The highest BCUT2D eigenvalue weighted by molar-refractivity contribution is 6.35. The van der Waals surface area contributed by atoms with E-state index in [0.717, 1.165) is 5.69 Å². The van der Waals surface area contributed by atoms with E-state index in [1.165, 1.54) is 12.1 Å². The minimum Gasteiger partial charge on any atom is -0.356 e. The Balaban J connectivity index is 3.04. The van der Waals surface area contributed by atoms with Gasteiger partial charge in [0, 0.05) is 11.3 Å². The second-order valence-corrected chi connectivity index (χ2v) is 4.10. The van der Waals surface area contributed by atoms with E-state index in [2.05, 4.69) is 4.98 Å². The van der Waals surface area contributed by atoms with Crippen molar-refractivity contribution >= 4 is 22.5 Å². The fraction of sp³-hybridized carbons (Fsp3) is 0.250. The molecular formula is C12H11ClFNO. The summed E-state index contributed by atoms with van der Waals surface area (Å²) in [6, 6.07) is 2.66. The lowest BCUT2D eigenvalue weighted by Gasteiger charge is -2.07. The van der Waals surface area contributed by atoms with Gasteiger partial charge >= 0.3 is 0 Å². The van der Waals surface area contributed by atoms with Gasteiger partial charge in [-0.05, 0) is 25.5 Å². The van der Waals surface area contributed by atoms with Crippen LogP contribution in [-0.2, 0) is 6.42 Å². The summed E-state index contributed by atoms with van der Waals surface area (Å²) in [5.74, 6) is -0.453. The first kappa shape index (κ1) is 11.1. The van der Waals surface area contributed by atoms with Crippen molar-refractivity contribution in [2.45, 2.75) is 20.3 Å². The van der Waals surface area contributed by atoms with Crippen LogP contribution in [0.15, 0.2) is 16.9 Å². The highest BCUT2D eigenvalue weighted by atomic mass is 35.5. The van der Waals surface area contributed by atoms with Crippen molar-refractivity contribution in [1.29, 1.82) is 0 Å². The summed E-state index contributed by atoms with van der Waals surface area (Å²) in [7, 11) is 0. The number of hydrogen-bond donors (Lipinski definition) is 1. The molecule has 1 heterocycles. The van der Waals surface area contributed by atoms with Crippen molar-refractivity contribution in [3.05, 3.63) is 44.5 Å². The summed E-state index contributed by atoms with van der Waals surface area (Å²) >= 11 is 5.92. The Morgan fingerprint density at radius 2 is 2.12 bits per heavy atom. The molecule has 0 saturated heterocycles. The normalized spacial score (nSPS) is 11.0. The third-order valence-corrected chi connectivity index (χ3v) is 3.07. The lowest BCUT2D eigenvalue weighted by molar-refractivity contribution is 0.636. The molecule has 0 unspecified atom stereocenters. The molecule has 2 nitrogen and oxygen atoms in total. The van der Waals surface area contributed by atoms with Gasteiger partial charge in [0.1, 0.15) is 5.82 Å². The molecule has 84 valence electrons. The standard InChI is InChI=1S/C12H11ClFNO/c1-3-9-6(2)12(16)10-7(13)4-5-8(14)11(10)15-9/h4-5H,3H2,1-2H3,(H,15,16). The number of benzene rings is 1. The summed E-state index contributed by atoms with van der Waals surface area (Å²) in [4.78, 5) is 14.9. The van der Waals surface area contributed by atoms with Gasteiger partial charge in [0.05, 0.1) is 15.9 Å². The van der Waals surface area contributed by atoms with Gasteiger partial charge in [-0.3, -0.25) is 4.79 Å². The Morgan fingerprint density at radius 1 is 1.44 bits per heavy atom. The largest absolute Gasteiger partial charge is 0.356 e. The number of fused-ring (bicyclic) bond motifs is 1. The molecular weight excluding hydrogens is 229 g/mol. The molecule has 0 aliphatic carbocycles. The fourth-order valence-electron chi connectivity index (χ4n) is 1.82. The van der Waals surface area contributed by atoms with Gasteiger partial charge in [0.25, 0.3) is 0 Å². The third kappa shape index (κ3) is 1.52. The lowest BCUT2D eigenvalue weighted by atomic mass is 10.1. The topological polar surface area (TPSA) is 32.9 Å². The number of H-pyrrole nitrogens is 1. The lowest BCUT2D eigenvalue weighted by Crippen LogP contribution is -2.12. The van der Waals surface area contributed by atoms with Gasteiger partial charge in [0.2, 0.25) is 0 Å². The van der Waals surface area contributed by atoms with Crippen molar-refractivity contribution < 1.29 is 4.39 Å². The Bertz CT molecular complexity index is 618. The summed E-state index contributed by atoms with van der Waals surface area (Å²) in [6.45, 7) is 3.63. The zero-order valence-electron chi connectivity index (χ0n) is 9.03. The van der Waals surface area contributed by atoms with Crippen molar-refractivity contribution in [3.63, 3.8) is 0 Å². The van der Waals surface area contributed by atoms with Crippen LogP contribution >= 0.6 is 11.6 Å². The maximum Gasteiger partial charge on any atom is 0.194 e. The molecule has 0 amide bonds. The predicted octanol–water partition coefficient (Wildman–Crippen LogP) is 3.19. The molecule has 2 rings (SSSR count). The number of aromatic nitrogens is 1. The van der Waals surface area contributed by atoms with Crippen LogP contribution in [0.5, 0.6) is 0 Å². The number of halogens is 2. The van der Waals surface area contributed by atoms with Gasteiger partial charge < -0.3 is 4.98 Å². The van der Waals surface area contributed by atoms with E-state index >= 15 is 0 Å². The van der Waals surface area contributed by atoms with Crippen molar-refractivity contribution in [1.82, 2.24) is 4.98 Å². The average Bonchev–Trinajstić information content (AvgIpc) is 2.27. The molecule has 0 saturated carbocycles. The third-order valence-electron chi connectivity index (χ3n) is 2.75. The molecule has 0 fully saturated rings. The Kier molecular flexibility index (Phi) is 2.72. The molecule has 0 spiro atoms. The van der Waals surface area contributed by atoms with Crippen LogP contribution < -0.4 is 5.43 Å². The first-order valence-corrected chi connectivity index (χ1v) is 5.43. The van der Waals surface area contributed by atoms with E-state index in [9.17, 15) is 9.18 Å². The van der Waals surface area contributed by atoms with E-state index < -0.39 is 5.82 Å². The molecule has 1 aromatic carbocycles. The van der Waals surface area contributed by atoms with Crippen LogP contribution in [-0.4, -0.2) is 4.98 Å². The highest BCUT2D eigenvalue weighted by Crippen LogP contribution is 2.22. The molecule has 0 atom stereocenters. The SMILES string of the molecule is CCc1[nH]c2c(F)ccc(Cl)c2c(=O)c1C. The summed E-state index contributed by atoms with van der Waals surface area (Å²) < 4.78 is 13.6. The molecule has 1 aromatic heterocycles. The molecule has 4 heteroatoms. The van der Waals surface area contributed by atoms with Gasteiger partial charge in [-0.1, -0.05) is 18.5 Å². The molecule has 0 radical (unpaired) electrons. The first-order chi connectivity index (χ1) is 7.56. The number of aromatic amines is 1. The number of aryl methyl sites for hydroxylation is 1. The van der Waals surface area contributed by atoms with Crippen molar-refractivity contribution in [2.24, 2.45) is 0 Å². The Morgan fingerprint density at radius 3 is 2.75 bits per heavy atom. The van der Waals surface area contributed by atoms with Crippen LogP contribution in [0.25, 0.3) is 10.9 Å². The molecule has 16 heavy (non-hydrogen) atoms. The maximum absolute atomic E-state index is 13.6. The van der Waals surface area contributed by atoms with Crippen LogP contribution in [0, 0.1) is 12.7 Å². The molecule has 0 aliphatic rings. The van der Waals surface area contributed by atoms with Gasteiger partial charge in [-0.2, -0.15) is 0 Å². The molecule has 2 aromatic rings. The molecule has 0 bridgehead atoms. The summed E-state index contributed by atoms with van der Waals surface area (Å²) in [5, 5.41) is 0.514. The monoisotopic (exact) mass is 239 g/mol. The second kappa shape index (κ2) is 3.91. The minimum atomic E-state index is -0.453. The quantitative estimate of drug-likeness (QED) is 0.815. The van der Waals surface area contributed by atoms with Crippen LogP contribution in [0.1, 0.15) is 18.2 Å². The smallest absolute Gasteiger partial charge is 0.194 e. The number of nitrogens with one attached hydrogen (secondary N) is 1. The molecule has 1 N–H and O–H groups in total. The first-order valence-electron chi connectivity index (χ1n) is 5.05. The van der Waals surface area contributed by atoms with E-state index in [0.29, 0.717) is 12.0 Å². The van der Waals surface area contributed by atoms with Crippen LogP contribution in [0.2, 0.25) is 5.02 Å². The van der Waals surface area contributed by atoms with Gasteiger partial charge in [0.15, 0.2) is 5.43 Å². The van der Waals surface area contributed by atoms with Crippen molar-refractivity contribution in [3.8, 4) is 0 Å². The fourth-order valence-corrected chi connectivity index (χ4v) is 2.06. The van der Waals surface area contributed by atoms with Gasteiger partial charge in [-0.25, -0.2) is 4.39 Å². The zero-order chi connectivity index (χ0) is 11.9. The van der Waals surface area contributed by atoms with E-state index in [1.807, 2.05) is 6.92 Å². The van der Waals surface area contributed by atoms with Crippen LogP contribution in [0.3, 0.4) is 0 Å². The summed E-state index contributed by atoms with van der Waals surface area (Å²) in [6.07, 6.45) is 0.656. The number of rotatable bonds is 1. The minimum absolute atomic E-state index is 0.194. The van der Waals surface area contributed by atoms with E-state index in [1.54, 1.807) is 6.92 Å². The average molecular weight is 240 g/mol. The van der Waals surface area contributed by atoms with Gasteiger partial charge in [-0.15, -0.1) is 0 Å². The maximum atomic E-state index is 13.6. The highest BCUT2D eigenvalue weighted by Gasteiger charge is 2.12. The number of hydrogen-bond acceptors (Lipinski definition) is 1. The Labute approximate surface area is 97.1 Å². The zero-order valence-corrected chi connectivity index (χ0v) is 9.78. The Hall–Kier alpha value is -1.35. The van der Waals surface area contributed by atoms with E-state index in [-0.39, 0.29) is 21.4 Å². The predicted molar refractivity (Wildman–Crippen MR) is 63.7 cm³/mol.